The third kappa shape index (κ3) is 4.92. The van der Waals surface area contributed by atoms with E-state index in [4.69, 9.17) is 10.5 Å². The molecule has 0 radical (unpaired) electrons. The van der Waals surface area contributed by atoms with E-state index in [1.54, 1.807) is 32.7 Å². The molecule has 0 aliphatic carbocycles. The average Bonchev–Trinajstić information content (AvgIpc) is 3.30. The maximum atomic E-state index is 12.4. The van der Waals surface area contributed by atoms with Crippen molar-refractivity contribution in [3.05, 3.63) is 48.7 Å². The molecule has 0 spiro atoms. The zero-order valence-corrected chi connectivity index (χ0v) is 21.4. The average molecular weight is 516 g/mol. The number of hydrogen-bond donors (Lipinski definition) is 3. The molecule has 38 heavy (non-hydrogen) atoms. The molecule has 12 nitrogen and oxygen atoms in total. The number of ether oxygens (including phenoxy) is 1. The highest BCUT2D eigenvalue weighted by Crippen LogP contribution is 2.32. The highest BCUT2D eigenvalue weighted by molar-refractivity contribution is 5.99. The molecule has 0 unspecified atom stereocenters. The van der Waals surface area contributed by atoms with E-state index in [0.717, 1.165) is 24.1 Å². The van der Waals surface area contributed by atoms with Crippen LogP contribution in [-0.2, 0) is 11.8 Å². The van der Waals surface area contributed by atoms with E-state index in [0.29, 0.717) is 41.4 Å². The maximum Gasteiger partial charge on any atom is 0.271 e. The van der Waals surface area contributed by atoms with E-state index in [1.807, 2.05) is 40.8 Å². The molecular weight excluding hydrogens is 486 g/mol. The predicted octanol–water partition coefficient (Wildman–Crippen LogP) is 2.70. The summed E-state index contributed by atoms with van der Waals surface area (Å²) in [7, 11) is 3.60. The third-order valence-corrected chi connectivity index (χ3v) is 6.57. The Bertz CT molecular complexity index is 1490. The van der Waals surface area contributed by atoms with Gasteiger partial charge in [-0.15, -0.1) is 0 Å². The topological polar surface area (TPSA) is 153 Å². The summed E-state index contributed by atoms with van der Waals surface area (Å²) >= 11 is 0. The molecule has 1 aliphatic heterocycles. The van der Waals surface area contributed by atoms with Crippen LogP contribution >= 0.6 is 0 Å². The number of fused-ring (bicyclic) bond motifs is 1. The van der Waals surface area contributed by atoms with Gasteiger partial charge in [0, 0.05) is 58.8 Å². The fourth-order valence-electron chi connectivity index (χ4n) is 4.51. The molecule has 4 aromatic rings. The van der Waals surface area contributed by atoms with Crippen LogP contribution in [0.5, 0.6) is 5.75 Å². The molecule has 1 fully saturated rings. The lowest BCUT2D eigenvalue weighted by atomic mass is 10.1. The van der Waals surface area contributed by atoms with E-state index in [1.165, 1.54) is 0 Å². The SMILES string of the molecule is CNc1nc(Nc2ccc(OC3CCN(C(C)=O)CC3)cc2)c(C(N)=O)nc1-c1cncc2c1ncn2C. The van der Waals surface area contributed by atoms with Gasteiger partial charge < -0.3 is 30.6 Å². The van der Waals surface area contributed by atoms with Crippen LogP contribution in [0, 0.1) is 0 Å². The molecular formula is C26H29N9O3. The van der Waals surface area contributed by atoms with Crippen molar-refractivity contribution >= 4 is 40.2 Å². The number of amides is 2. The molecule has 3 aromatic heterocycles. The Kier molecular flexibility index (Phi) is 6.77. The van der Waals surface area contributed by atoms with Gasteiger partial charge in [0.25, 0.3) is 5.91 Å². The highest BCUT2D eigenvalue weighted by atomic mass is 16.5. The Balaban J connectivity index is 1.38. The zero-order valence-electron chi connectivity index (χ0n) is 21.4. The number of aromatic nitrogens is 5. The Hall–Kier alpha value is -4.74. The predicted molar refractivity (Wildman–Crippen MR) is 143 cm³/mol. The molecule has 2 amide bonds. The summed E-state index contributed by atoms with van der Waals surface area (Å²) < 4.78 is 7.95. The largest absolute Gasteiger partial charge is 0.490 e. The second kappa shape index (κ2) is 10.3. The standard InChI is InChI=1S/C26H29N9O3/c1-15(36)35-10-8-18(9-11-35)38-17-6-4-16(5-7-17)31-26-23(24(27)37)32-22(25(28-2)33-26)19-12-29-13-20-21(19)30-14-34(20)3/h4-7,12-14,18H,8-11H2,1-3H3,(H2,27,37)(H2,28,31,33). The Morgan fingerprint density at radius 1 is 1.08 bits per heavy atom. The molecule has 5 rings (SSSR count). The lowest BCUT2D eigenvalue weighted by Crippen LogP contribution is -2.40. The van der Waals surface area contributed by atoms with Crippen molar-refractivity contribution in [2.45, 2.75) is 25.9 Å². The number of carbonyl (C=O) groups excluding carboxylic acids is 2. The Morgan fingerprint density at radius 3 is 2.47 bits per heavy atom. The number of piperidine rings is 1. The lowest BCUT2D eigenvalue weighted by molar-refractivity contribution is -0.130. The van der Waals surface area contributed by atoms with Crippen LogP contribution in [0.4, 0.5) is 17.3 Å². The number of carbonyl (C=O) groups is 2. The number of anilines is 3. The summed E-state index contributed by atoms with van der Waals surface area (Å²) in [6.07, 6.45) is 6.68. The summed E-state index contributed by atoms with van der Waals surface area (Å²) in [6.45, 7) is 2.98. The second-order valence-corrected chi connectivity index (χ2v) is 9.12. The van der Waals surface area contributed by atoms with Crippen molar-refractivity contribution in [1.29, 1.82) is 0 Å². The summed E-state index contributed by atoms with van der Waals surface area (Å²) in [6, 6.07) is 7.35. The van der Waals surface area contributed by atoms with Gasteiger partial charge in [0.05, 0.1) is 23.6 Å². The molecule has 4 heterocycles. The number of likely N-dealkylation sites (tertiary alicyclic amines) is 1. The van der Waals surface area contributed by atoms with Crippen molar-refractivity contribution in [3.8, 4) is 17.0 Å². The first kappa shape index (κ1) is 24.9. The summed E-state index contributed by atoms with van der Waals surface area (Å²) in [5, 5.41) is 6.20. The van der Waals surface area contributed by atoms with E-state index < -0.39 is 5.91 Å². The van der Waals surface area contributed by atoms with Gasteiger partial charge in [-0.2, -0.15) is 0 Å². The molecule has 0 bridgehead atoms. The summed E-state index contributed by atoms with van der Waals surface area (Å²) in [5.41, 5.74) is 8.93. The Morgan fingerprint density at radius 2 is 1.82 bits per heavy atom. The number of primary amides is 1. The first-order valence-electron chi connectivity index (χ1n) is 12.3. The summed E-state index contributed by atoms with van der Waals surface area (Å²) in [5.74, 6) is 0.755. The van der Waals surface area contributed by atoms with Crippen LogP contribution in [0.15, 0.2) is 43.0 Å². The van der Waals surface area contributed by atoms with Gasteiger partial charge in [-0.05, 0) is 24.3 Å². The molecule has 4 N–H and O–H groups in total. The van der Waals surface area contributed by atoms with Gasteiger partial charge in [0.15, 0.2) is 17.3 Å². The minimum atomic E-state index is -0.720. The molecule has 12 heteroatoms. The number of nitrogens with zero attached hydrogens (tertiary/aromatic N) is 6. The fourth-order valence-corrected chi connectivity index (χ4v) is 4.51. The van der Waals surface area contributed by atoms with Crippen LogP contribution in [0.3, 0.4) is 0 Å². The number of aryl methyl sites for hydroxylation is 1. The molecule has 1 saturated heterocycles. The number of hydrogen-bond acceptors (Lipinski definition) is 9. The maximum absolute atomic E-state index is 12.4. The number of imidazole rings is 1. The molecule has 1 aromatic carbocycles. The smallest absolute Gasteiger partial charge is 0.271 e. The van der Waals surface area contributed by atoms with Gasteiger partial charge in [0.2, 0.25) is 5.91 Å². The number of benzene rings is 1. The third-order valence-electron chi connectivity index (χ3n) is 6.57. The first-order valence-corrected chi connectivity index (χ1v) is 12.3. The molecule has 0 atom stereocenters. The molecule has 0 saturated carbocycles. The minimum absolute atomic E-state index is 0.00973. The monoisotopic (exact) mass is 515 g/mol. The quantitative estimate of drug-likeness (QED) is 0.337. The second-order valence-electron chi connectivity index (χ2n) is 9.12. The van der Waals surface area contributed by atoms with Gasteiger partial charge in [-0.3, -0.25) is 14.6 Å². The van der Waals surface area contributed by atoms with Crippen molar-refractivity contribution in [2.75, 3.05) is 30.8 Å². The van der Waals surface area contributed by atoms with Gasteiger partial charge in [-0.1, -0.05) is 0 Å². The van der Waals surface area contributed by atoms with Crippen molar-refractivity contribution in [1.82, 2.24) is 29.4 Å². The minimum Gasteiger partial charge on any atom is -0.490 e. The number of rotatable bonds is 7. The molecule has 1 aliphatic rings. The van der Waals surface area contributed by atoms with Gasteiger partial charge in [-0.25, -0.2) is 15.0 Å². The van der Waals surface area contributed by atoms with E-state index >= 15 is 0 Å². The van der Waals surface area contributed by atoms with Crippen molar-refractivity contribution in [2.24, 2.45) is 12.8 Å². The van der Waals surface area contributed by atoms with Crippen LogP contribution in [-0.4, -0.2) is 67.5 Å². The first-order chi connectivity index (χ1) is 18.3. The van der Waals surface area contributed by atoms with E-state index in [-0.39, 0.29) is 23.5 Å². The number of pyridine rings is 1. The Labute approximate surface area is 219 Å². The molecule has 196 valence electrons. The lowest BCUT2D eigenvalue weighted by Gasteiger charge is -2.31. The number of nitrogens with one attached hydrogen (secondary N) is 2. The van der Waals surface area contributed by atoms with Crippen LogP contribution in [0.1, 0.15) is 30.3 Å². The van der Waals surface area contributed by atoms with Crippen molar-refractivity contribution < 1.29 is 14.3 Å². The summed E-state index contributed by atoms with van der Waals surface area (Å²) in [4.78, 5) is 43.7. The normalized spacial score (nSPS) is 13.9. The van der Waals surface area contributed by atoms with Gasteiger partial charge >= 0.3 is 0 Å². The fraction of sp³-hybridized carbons (Fsp3) is 0.308. The van der Waals surface area contributed by atoms with Crippen molar-refractivity contribution in [3.63, 3.8) is 0 Å². The highest BCUT2D eigenvalue weighted by Gasteiger charge is 2.23. The van der Waals surface area contributed by atoms with E-state index in [2.05, 4.69) is 30.6 Å². The zero-order chi connectivity index (χ0) is 26.8. The van der Waals surface area contributed by atoms with Crippen LogP contribution < -0.4 is 21.1 Å². The van der Waals surface area contributed by atoms with Crippen LogP contribution in [0.25, 0.3) is 22.3 Å². The van der Waals surface area contributed by atoms with Crippen LogP contribution in [0.2, 0.25) is 0 Å². The van der Waals surface area contributed by atoms with E-state index in [9.17, 15) is 9.59 Å². The van der Waals surface area contributed by atoms with Gasteiger partial charge in [0.1, 0.15) is 23.1 Å². The number of nitrogens with two attached hydrogens (primary N) is 1.